The molecule has 1 fully saturated rings. The summed E-state index contributed by atoms with van der Waals surface area (Å²) in [5.74, 6) is 2.79. The second-order valence-electron chi connectivity index (χ2n) is 7.97. The number of pyridine rings is 1. The minimum absolute atomic E-state index is 0.312. The molecule has 5 nitrogen and oxygen atoms in total. The average molecular weight is 353 g/mol. The summed E-state index contributed by atoms with van der Waals surface area (Å²) < 4.78 is 11.0. The molecule has 0 saturated carbocycles. The van der Waals surface area contributed by atoms with Gasteiger partial charge in [-0.15, -0.1) is 0 Å². The Morgan fingerprint density at radius 1 is 1.19 bits per heavy atom. The average Bonchev–Trinajstić information content (AvgIpc) is 3.11. The van der Waals surface area contributed by atoms with E-state index in [-0.39, 0.29) is 0 Å². The van der Waals surface area contributed by atoms with Gasteiger partial charge in [0.25, 0.3) is 0 Å². The van der Waals surface area contributed by atoms with E-state index in [1.54, 1.807) is 0 Å². The number of hydrogen-bond acceptors (Lipinski definition) is 5. The summed E-state index contributed by atoms with van der Waals surface area (Å²) in [7, 11) is 0. The summed E-state index contributed by atoms with van der Waals surface area (Å²) in [6.45, 7) is 8.72. The van der Waals surface area contributed by atoms with Gasteiger partial charge in [-0.2, -0.15) is 0 Å². The van der Waals surface area contributed by atoms with Crippen LogP contribution in [-0.2, 0) is 13.1 Å². The molecule has 0 amide bonds. The Morgan fingerprint density at radius 3 is 3.00 bits per heavy atom. The van der Waals surface area contributed by atoms with Crippen LogP contribution in [0.15, 0.2) is 36.5 Å². The minimum Gasteiger partial charge on any atom is -0.454 e. The van der Waals surface area contributed by atoms with Gasteiger partial charge in [-0.25, -0.2) is 4.98 Å². The lowest BCUT2D eigenvalue weighted by Gasteiger charge is -2.38. The van der Waals surface area contributed by atoms with Gasteiger partial charge in [0, 0.05) is 37.9 Å². The van der Waals surface area contributed by atoms with Crippen molar-refractivity contribution in [2.75, 3.05) is 24.8 Å². The number of nitrogens with one attached hydrogen (secondary N) is 1. The molecule has 0 radical (unpaired) electrons. The third-order valence-electron chi connectivity index (χ3n) is 5.16. The van der Waals surface area contributed by atoms with Crippen molar-refractivity contribution in [1.29, 1.82) is 0 Å². The molecule has 2 aliphatic heterocycles. The third-order valence-corrected chi connectivity index (χ3v) is 5.16. The summed E-state index contributed by atoms with van der Waals surface area (Å²) in [5.41, 5.74) is 2.75. The number of piperidine rings is 1. The Labute approximate surface area is 155 Å². The van der Waals surface area contributed by atoms with Crippen molar-refractivity contribution in [3.63, 3.8) is 0 Å². The highest BCUT2D eigenvalue weighted by molar-refractivity contribution is 5.48. The van der Waals surface area contributed by atoms with Gasteiger partial charge in [0.05, 0.1) is 0 Å². The van der Waals surface area contributed by atoms with Crippen molar-refractivity contribution >= 4 is 5.82 Å². The molecule has 0 unspecified atom stereocenters. The molecular formula is C21H27N3O2. The number of benzene rings is 1. The number of fused-ring (bicyclic) bond motifs is 1. The molecule has 0 bridgehead atoms. The first kappa shape index (κ1) is 17.2. The fourth-order valence-corrected chi connectivity index (χ4v) is 3.83. The monoisotopic (exact) mass is 353 g/mol. The van der Waals surface area contributed by atoms with Crippen LogP contribution >= 0.6 is 0 Å². The van der Waals surface area contributed by atoms with E-state index in [4.69, 9.17) is 9.47 Å². The van der Waals surface area contributed by atoms with E-state index in [9.17, 15) is 0 Å². The van der Waals surface area contributed by atoms with E-state index < -0.39 is 0 Å². The molecule has 3 heterocycles. The van der Waals surface area contributed by atoms with E-state index in [2.05, 4.69) is 47.2 Å². The highest BCUT2D eigenvalue weighted by Gasteiger charge is 2.27. The van der Waals surface area contributed by atoms with Gasteiger partial charge in [0.2, 0.25) is 6.79 Å². The fraction of sp³-hybridized carbons (Fsp3) is 0.476. The Morgan fingerprint density at radius 2 is 2.12 bits per heavy atom. The van der Waals surface area contributed by atoms with Crippen LogP contribution in [0.5, 0.6) is 11.5 Å². The molecule has 2 aliphatic rings. The smallest absolute Gasteiger partial charge is 0.231 e. The van der Waals surface area contributed by atoms with Crippen molar-refractivity contribution in [2.24, 2.45) is 5.41 Å². The maximum atomic E-state index is 5.57. The molecule has 1 saturated heterocycles. The van der Waals surface area contributed by atoms with Gasteiger partial charge >= 0.3 is 0 Å². The standard InChI is InChI=1S/C21H27N3O2/c1-21(2)8-4-10-24(14-21)19-11-16(7-9-23-19)12-22-13-17-5-3-6-18-20(17)26-15-25-18/h3,5-7,9,11,22H,4,8,10,12-15H2,1-2H3. The normalized spacial score (nSPS) is 18.2. The van der Waals surface area contributed by atoms with Crippen LogP contribution in [0.4, 0.5) is 5.82 Å². The van der Waals surface area contributed by atoms with Crippen LogP contribution in [-0.4, -0.2) is 24.9 Å². The molecule has 4 rings (SSSR count). The van der Waals surface area contributed by atoms with Gasteiger partial charge in [-0.3, -0.25) is 0 Å². The van der Waals surface area contributed by atoms with Crippen LogP contribution < -0.4 is 19.7 Å². The summed E-state index contributed by atoms with van der Waals surface area (Å²) in [6.07, 6.45) is 4.45. The summed E-state index contributed by atoms with van der Waals surface area (Å²) in [6, 6.07) is 10.3. The summed E-state index contributed by atoms with van der Waals surface area (Å²) >= 11 is 0. The van der Waals surface area contributed by atoms with Gasteiger partial charge < -0.3 is 19.7 Å². The van der Waals surface area contributed by atoms with E-state index in [0.29, 0.717) is 12.2 Å². The summed E-state index contributed by atoms with van der Waals surface area (Å²) in [4.78, 5) is 7.02. The van der Waals surface area contributed by atoms with Crippen LogP contribution in [0.2, 0.25) is 0 Å². The lowest BCUT2D eigenvalue weighted by atomic mass is 9.84. The van der Waals surface area contributed by atoms with Crippen molar-refractivity contribution in [3.05, 3.63) is 47.7 Å². The molecule has 26 heavy (non-hydrogen) atoms. The highest BCUT2D eigenvalue weighted by Crippen LogP contribution is 2.35. The molecular weight excluding hydrogens is 326 g/mol. The van der Waals surface area contributed by atoms with Crippen LogP contribution in [0.1, 0.15) is 37.8 Å². The second kappa shape index (κ2) is 7.16. The second-order valence-corrected chi connectivity index (χ2v) is 7.97. The minimum atomic E-state index is 0.312. The lowest BCUT2D eigenvalue weighted by Crippen LogP contribution is -2.40. The number of aromatic nitrogens is 1. The first-order chi connectivity index (χ1) is 12.6. The van der Waals surface area contributed by atoms with Gasteiger partial charge in [0.1, 0.15) is 5.82 Å². The quantitative estimate of drug-likeness (QED) is 0.887. The number of rotatable bonds is 5. The van der Waals surface area contributed by atoms with Gasteiger partial charge in [-0.05, 0) is 42.0 Å². The number of hydrogen-bond donors (Lipinski definition) is 1. The van der Waals surface area contributed by atoms with Gasteiger partial charge in [0.15, 0.2) is 11.5 Å². The zero-order chi connectivity index (χ0) is 18.0. The Kier molecular flexibility index (Phi) is 4.72. The number of ether oxygens (including phenoxy) is 2. The predicted molar refractivity (Wildman–Crippen MR) is 103 cm³/mol. The number of nitrogens with zero attached hydrogens (tertiary/aromatic N) is 2. The largest absolute Gasteiger partial charge is 0.454 e. The van der Waals surface area contributed by atoms with E-state index in [1.807, 2.05) is 18.3 Å². The van der Waals surface area contributed by atoms with E-state index in [1.165, 1.54) is 18.4 Å². The number of anilines is 1. The molecule has 138 valence electrons. The SMILES string of the molecule is CC1(C)CCCN(c2cc(CNCc3cccc4c3OCO4)ccn2)C1. The number of para-hydroxylation sites is 1. The van der Waals surface area contributed by atoms with Gasteiger partial charge in [-0.1, -0.05) is 26.0 Å². The maximum absolute atomic E-state index is 5.57. The first-order valence-corrected chi connectivity index (χ1v) is 9.39. The maximum Gasteiger partial charge on any atom is 0.231 e. The molecule has 0 aliphatic carbocycles. The zero-order valence-electron chi connectivity index (χ0n) is 15.6. The zero-order valence-corrected chi connectivity index (χ0v) is 15.6. The van der Waals surface area contributed by atoms with E-state index >= 15 is 0 Å². The first-order valence-electron chi connectivity index (χ1n) is 9.39. The van der Waals surface area contributed by atoms with Crippen LogP contribution in [0.3, 0.4) is 0 Å². The Bertz CT molecular complexity index is 776. The molecule has 5 heteroatoms. The molecule has 1 aromatic heterocycles. The van der Waals surface area contributed by atoms with Crippen LogP contribution in [0, 0.1) is 5.41 Å². The van der Waals surface area contributed by atoms with Crippen molar-refractivity contribution < 1.29 is 9.47 Å². The van der Waals surface area contributed by atoms with Crippen LogP contribution in [0.25, 0.3) is 0 Å². The molecule has 1 aromatic carbocycles. The van der Waals surface area contributed by atoms with Crippen molar-refractivity contribution in [3.8, 4) is 11.5 Å². The molecule has 1 N–H and O–H groups in total. The molecule has 0 spiro atoms. The van der Waals surface area contributed by atoms with E-state index in [0.717, 1.165) is 49.1 Å². The van der Waals surface area contributed by atoms with Crippen molar-refractivity contribution in [1.82, 2.24) is 10.3 Å². The molecule has 2 aromatic rings. The fourth-order valence-electron chi connectivity index (χ4n) is 3.83. The highest BCUT2D eigenvalue weighted by atomic mass is 16.7. The van der Waals surface area contributed by atoms with Crippen molar-refractivity contribution in [2.45, 2.75) is 39.8 Å². The summed E-state index contributed by atoms with van der Waals surface area (Å²) in [5, 5.41) is 3.51. The Balaban J connectivity index is 1.38. The third kappa shape index (κ3) is 3.78. The Hall–Kier alpha value is -2.27. The lowest BCUT2D eigenvalue weighted by molar-refractivity contribution is 0.173. The molecule has 0 atom stereocenters. The topological polar surface area (TPSA) is 46.6 Å². The predicted octanol–water partition coefficient (Wildman–Crippen LogP) is 3.73.